The maximum atomic E-state index is 11.1. The van der Waals surface area contributed by atoms with Gasteiger partial charge in [-0.25, -0.2) is 18.0 Å². The van der Waals surface area contributed by atoms with Gasteiger partial charge in [0.15, 0.2) is 0 Å². The van der Waals surface area contributed by atoms with Crippen LogP contribution >= 0.6 is 12.4 Å². The molecular formula is C11H20ClNO6S. The van der Waals surface area contributed by atoms with E-state index in [0.29, 0.717) is 13.1 Å². The van der Waals surface area contributed by atoms with Crippen molar-refractivity contribution in [2.75, 3.05) is 45.9 Å². The van der Waals surface area contributed by atoms with E-state index in [1.54, 1.807) is 11.9 Å². The zero-order valence-corrected chi connectivity index (χ0v) is 13.3. The third-order valence-electron chi connectivity index (χ3n) is 2.12. The zero-order chi connectivity index (χ0) is 14.9. The Labute approximate surface area is 125 Å². The van der Waals surface area contributed by atoms with Crippen LogP contribution in [0.4, 0.5) is 0 Å². The number of nitrogens with zero attached hydrogens (tertiary/aromatic N) is 1. The standard InChI is InChI=1S/C11H19NO6S.ClH/c1-12(7-9-19(3,15)16)6-8-18-11(14)5-4-10(13)17-2;/h4-5H,6-9H2,1-3H3;1H/b5-4+;. The Morgan fingerprint density at radius 2 is 1.70 bits per heavy atom. The van der Waals surface area contributed by atoms with E-state index in [1.807, 2.05) is 0 Å². The number of hydrogen-bond donors (Lipinski definition) is 0. The lowest BCUT2D eigenvalue weighted by molar-refractivity contribution is -0.139. The highest BCUT2D eigenvalue weighted by Crippen LogP contribution is 1.90. The largest absolute Gasteiger partial charge is 0.466 e. The summed E-state index contributed by atoms with van der Waals surface area (Å²) in [5.74, 6) is -1.23. The highest BCUT2D eigenvalue weighted by molar-refractivity contribution is 7.90. The van der Waals surface area contributed by atoms with Gasteiger partial charge in [-0.3, -0.25) is 0 Å². The summed E-state index contributed by atoms with van der Waals surface area (Å²) in [7, 11) is -0.0650. The number of likely N-dealkylation sites (N-methyl/N-ethyl adjacent to an activating group) is 1. The molecule has 20 heavy (non-hydrogen) atoms. The van der Waals surface area contributed by atoms with Crippen LogP contribution in [0.1, 0.15) is 0 Å². The molecular weight excluding hydrogens is 310 g/mol. The van der Waals surface area contributed by atoms with Gasteiger partial charge in [0.1, 0.15) is 16.4 Å². The van der Waals surface area contributed by atoms with Gasteiger partial charge >= 0.3 is 11.9 Å². The Morgan fingerprint density at radius 3 is 2.20 bits per heavy atom. The normalized spacial score (nSPS) is 11.2. The molecule has 0 spiro atoms. The van der Waals surface area contributed by atoms with Crippen LogP contribution in [-0.4, -0.2) is 71.1 Å². The maximum absolute atomic E-state index is 11.1. The number of sulfone groups is 1. The number of hydrogen-bond acceptors (Lipinski definition) is 7. The summed E-state index contributed by atoms with van der Waals surface area (Å²) < 4.78 is 31.0. The van der Waals surface area contributed by atoms with Crippen molar-refractivity contribution in [3.63, 3.8) is 0 Å². The van der Waals surface area contributed by atoms with Crippen LogP contribution in [-0.2, 0) is 28.9 Å². The van der Waals surface area contributed by atoms with Crippen LogP contribution in [0.2, 0.25) is 0 Å². The number of ether oxygens (including phenoxy) is 2. The Bertz CT molecular complexity index is 434. The summed E-state index contributed by atoms with van der Waals surface area (Å²) in [6.07, 6.45) is 3.11. The molecule has 0 atom stereocenters. The van der Waals surface area contributed by atoms with Crippen molar-refractivity contribution in [2.24, 2.45) is 0 Å². The number of methoxy groups -OCH3 is 1. The average Bonchev–Trinajstić information content (AvgIpc) is 2.32. The van der Waals surface area contributed by atoms with Gasteiger partial charge in [-0.15, -0.1) is 12.4 Å². The lowest BCUT2D eigenvalue weighted by Gasteiger charge is -2.15. The fourth-order valence-corrected chi connectivity index (χ4v) is 1.63. The molecule has 0 amide bonds. The summed E-state index contributed by atoms with van der Waals surface area (Å²) in [5.41, 5.74) is 0. The minimum atomic E-state index is -2.99. The summed E-state index contributed by atoms with van der Waals surface area (Å²) in [5, 5.41) is 0. The van der Waals surface area contributed by atoms with Crippen molar-refractivity contribution in [2.45, 2.75) is 0 Å². The molecule has 118 valence electrons. The highest BCUT2D eigenvalue weighted by Gasteiger charge is 2.06. The summed E-state index contributed by atoms with van der Waals surface area (Å²) in [4.78, 5) is 23.6. The molecule has 0 aliphatic rings. The number of carbonyl (C=O) groups is 2. The molecule has 0 saturated carbocycles. The maximum Gasteiger partial charge on any atom is 0.331 e. The lowest BCUT2D eigenvalue weighted by Crippen LogP contribution is -2.29. The van der Waals surface area contributed by atoms with E-state index >= 15 is 0 Å². The second kappa shape index (κ2) is 10.6. The first-order valence-corrected chi connectivity index (χ1v) is 7.59. The first kappa shape index (κ1) is 21.2. The smallest absolute Gasteiger partial charge is 0.331 e. The molecule has 0 aromatic carbocycles. The molecule has 0 bridgehead atoms. The molecule has 0 saturated heterocycles. The second-order valence-corrected chi connectivity index (χ2v) is 6.22. The second-order valence-electron chi connectivity index (χ2n) is 3.96. The molecule has 0 unspecified atom stereocenters. The van der Waals surface area contributed by atoms with Crippen molar-refractivity contribution in [3.8, 4) is 0 Å². The van der Waals surface area contributed by atoms with Crippen molar-refractivity contribution in [1.82, 2.24) is 4.90 Å². The predicted molar refractivity (Wildman–Crippen MR) is 76.6 cm³/mol. The van der Waals surface area contributed by atoms with Crippen molar-refractivity contribution in [1.29, 1.82) is 0 Å². The molecule has 0 aromatic rings. The van der Waals surface area contributed by atoms with E-state index in [9.17, 15) is 18.0 Å². The Balaban J connectivity index is 0. The van der Waals surface area contributed by atoms with Crippen LogP contribution < -0.4 is 0 Å². The third-order valence-corrected chi connectivity index (χ3v) is 3.04. The minimum absolute atomic E-state index is 0. The number of halogens is 1. The molecule has 0 aromatic heterocycles. The fraction of sp³-hybridized carbons (Fsp3) is 0.636. The Kier molecular flexibility index (Phi) is 11.3. The molecule has 7 nitrogen and oxygen atoms in total. The van der Waals surface area contributed by atoms with Crippen molar-refractivity contribution < 1.29 is 27.5 Å². The molecule has 0 N–H and O–H groups in total. The lowest BCUT2D eigenvalue weighted by atomic mass is 10.5. The highest BCUT2D eigenvalue weighted by atomic mass is 35.5. The predicted octanol–water partition coefficient (Wildman–Crippen LogP) is -0.343. The van der Waals surface area contributed by atoms with Crippen LogP contribution in [0, 0.1) is 0 Å². The quantitative estimate of drug-likeness (QED) is 0.444. The molecule has 0 aliphatic carbocycles. The Morgan fingerprint density at radius 1 is 1.15 bits per heavy atom. The van der Waals surface area contributed by atoms with E-state index in [-0.39, 0.29) is 24.8 Å². The van der Waals surface area contributed by atoms with Crippen molar-refractivity contribution >= 4 is 34.2 Å². The average molecular weight is 330 g/mol. The third kappa shape index (κ3) is 13.3. The zero-order valence-electron chi connectivity index (χ0n) is 11.7. The van der Waals surface area contributed by atoms with Gasteiger partial charge in [0.2, 0.25) is 0 Å². The van der Waals surface area contributed by atoms with E-state index < -0.39 is 21.8 Å². The van der Waals surface area contributed by atoms with Crippen molar-refractivity contribution in [3.05, 3.63) is 12.2 Å². The first-order chi connectivity index (χ1) is 8.74. The number of carbonyl (C=O) groups excluding carboxylic acids is 2. The minimum Gasteiger partial charge on any atom is -0.466 e. The first-order valence-electron chi connectivity index (χ1n) is 5.53. The molecule has 0 heterocycles. The summed E-state index contributed by atoms with van der Waals surface area (Å²) in [6.45, 7) is 0.895. The molecule has 0 aliphatic heterocycles. The van der Waals surface area contributed by atoms with E-state index in [4.69, 9.17) is 4.74 Å². The monoisotopic (exact) mass is 329 g/mol. The van der Waals surface area contributed by atoms with E-state index in [0.717, 1.165) is 12.2 Å². The topological polar surface area (TPSA) is 90.0 Å². The van der Waals surface area contributed by atoms with Gasteiger partial charge in [0.25, 0.3) is 0 Å². The van der Waals surface area contributed by atoms with Gasteiger partial charge in [-0.1, -0.05) is 0 Å². The van der Waals surface area contributed by atoms with E-state index in [2.05, 4.69) is 4.74 Å². The van der Waals surface area contributed by atoms with Crippen LogP contribution in [0.25, 0.3) is 0 Å². The summed E-state index contributed by atoms with van der Waals surface area (Å²) >= 11 is 0. The fourth-order valence-electron chi connectivity index (χ4n) is 0.988. The number of esters is 2. The molecule has 9 heteroatoms. The van der Waals surface area contributed by atoms with Gasteiger partial charge in [0, 0.05) is 31.5 Å². The van der Waals surface area contributed by atoms with Crippen LogP contribution in [0.3, 0.4) is 0 Å². The number of rotatable bonds is 8. The SMILES string of the molecule is COC(=O)/C=C/C(=O)OCCN(C)CCS(C)(=O)=O.Cl. The van der Waals surface area contributed by atoms with Gasteiger partial charge in [-0.05, 0) is 7.05 Å². The summed E-state index contributed by atoms with van der Waals surface area (Å²) in [6, 6.07) is 0. The van der Waals surface area contributed by atoms with Gasteiger partial charge in [-0.2, -0.15) is 0 Å². The van der Waals surface area contributed by atoms with Gasteiger partial charge in [0.05, 0.1) is 12.9 Å². The molecule has 0 rings (SSSR count). The van der Waals surface area contributed by atoms with E-state index in [1.165, 1.54) is 13.4 Å². The Hall–Kier alpha value is -1.12. The van der Waals surface area contributed by atoms with Crippen LogP contribution in [0.15, 0.2) is 12.2 Å². The van der Waals surface area contributed by atoms with Crippen LogP contribution in [0.5, 0.6) is 0 Å². The molecule has 0 fully saturated rings. The van der Waals surface area contributed by atoms with Gasteiger partial charge < -0.3 is 14.4 Å². The molecule has 0 radical (unpaired) electrons.